The Hall–Kier alpha value is -2.73. The number of nitro benzene ring substituents is 1. The topological polar surface area (TPSA) is 92.5 Å². The van der Waals surface area contributed by atoms with Gasteiger partial charge in [0.1, 0.15) is 5.56 Å². The van der Waals surface area contributed by atoms with Crippen LogP contribution in [-0.4, -0.2) is 15.9 Å². The first-order chi connectivity index (χ1) is 10.0. The van der Waals surface area contributed by atoms with Crippen molar-refractivity contribution in [1.29, 1.82) is 0 Å². The van der Waals surface area contributed by atoms with Gasteiger partial charge in [0.15, 0.2) is 0 Å². The van der Waals surface area contributed by atoms with Gasteiger partial charge < -0.3 is 10.4 Å². The third-order valence-electron chi connectivity index (χ3n) is 2.96. The van der Waals surface area contributed by atoms with E-state index in [2.05, 4.69) is 5.32 Å². The van der Waals surface area contributed by atoms with Crippen LogP contribution in [0.5, 0.6) is 0 Å². The lowest BCUT2D eigenvalue weighted by atomic mass is 10.1. The van der Waals surface area contributed by atoms with Gasteiger partial charge in [-0.2, -0.15) is 0 Å². The minimum Gasteiger partial charge on any atom is -0.392 e. The molecule has 1 amide bonds. The van der Waals surface area contributed by atoms with Crippen molar-refractivity contribution in [3.63, 3.8) is 0 Å². The Bertz CT molecular complexity index is 698. The van der Waals surface area contributed by atoms with Crippen LogP contribution >= 0.6 is 0 Å². The molecule has 0 aliphatic heterocycles. The van der Waals surface area contributed by atoms with Gasteiger partial charge in [-0.3, -0.25) is 14.9 Å². The molecule has 0 unspecified atom stereocenters. The number of carbonyl (C=O) groups excluding carboxylic acids is 1. The number of nitrogens with zero attached hydrogens (tertiary/aromatic N) is 1. The van der Waals surface area contributed by atoms with E-state index >= 15 is 0 Å². The SMILES string of the molecule is Cc1ccc([N+](=O)[O-])c(C(=O)Nc2cccc(CO)c2)c1. The predicted octanol–water partition coefficient (Wildman–Crippen LogP) is 2.65. The first kappa shape index (κ1) is 14.7. The summed E-state index contributed by atoms with van der Waals surface area (Å²) in [5.41, 5.74) is 1.65. The third-order valence-corrected chi connectivity index (χ3v) is 2.96. The number of nitro groups is 1. The van der Waals surface area contributed by atoms with E-state index in [-0.39, 0.29) is 17.9 Å². The minimum absolute atomic E-state index is 0.00871. The van der Waals surface area contributed by atoms with Crippen molar-refractivity contribution in [2.45, 2.75) is 13.5 Å². The molecule has 6 heteroatoms. The van der Waals surface area contributed by atoms with Crippen molar-refractivity contribution in [1.82, 2.24) is 0 Å². The molecule has 0 fully saturated rings. The van der Waals surface area contributed by atoms with E-state index in [1.165, 1.54) is 12.1 Å². The molecule has 0 saturated heterocycles. The number of carbonyl (C=O) groups is 1. The summed E-state index contributed by atoms with van der Waals surface area (Å²) in [5, 5.41) is 22.6. The van der Waals surface area contributed by atoms with Crippen LogP contribution in [0.15, 0.2) is 42.5 Å². The molecule has 6 nitrogen and oxygen atoms in total. The average Bonchev–Trinajstić information content (AvgIpc) is 2.47. The zero-order chi connectivity index (χ0) is 15.4. The van der Waals surface area contributed by atoms with Gasteiger partial charge in [0.2, 0.25) is 0 Å². The lowest BCUT2D eigenvalue weighted by Gasteiger charge is -2.07. The molecule has 0 spiro atoms. The fraction of sp³-hybridized carbons (Fsp3) is 0.133. The highest BCUT2D eigenvalue weighted by atomic mass is 16.6. The number of hydrogen-bond donors (Lipinski definition) is 2. The molecule has 0 aliphatic rings. The molecule has 2 aromatic carbocycles. The van der Waals surface area contributed by atoms with Gasteiger partial charge in [0.25, 0.3) is 11.6 Å². The Balaban J connectivity index is 2.31. The van der Waals surface area contributed by atoms with Gasteiger partial charge in [-0.15, -0.1) is 0 Å². The molecule has 2 rings (SSSR count). The van der Waals surface area contributed by atoms with Crippen molar-refractivity contribution in [2.75, 3.05) is 5.32 Å². The van der Waals surface area contributed by atoms with E-state index < -0.39 is 10.8 Å². The van der Waals surface area contributed by atoms with Crippen LogP contribution in [0.25, 0.3) is 0 Å². The van der Waals surface area contributed by atoms with E-state index in [0.29, 0.717) is 11.3 Å². The molecule has 0 heterocycles. The molecular weight excluding hydrogens is 272 g/mol. The number of nitrogens with one attached hydrogen (secondary N) is 1. The van der Waals surface area contributed by atoms with E-state index in [9.17, 15) is 14.9 Å². The Kier molecular flexibility index (Phi) is 4.30. The van der Waals surface area contributed by atoms with Gasteiger partial charge in [-0.25, -0.2) is 0 Å². The van der Waals surface area contributed by atoms with E-state index in [4.69, 9.17) is 5.11 Å². The van der Waals surface area contributed by atoms with Gasteiger partial charge in [-0.1, -0.05) is 18.2 Å². The fourth-order valence-corrected chi connectivity index (χ4v) is 1.94. The van der Waals surface area contributed by atoms with Crippen LogP contribution in [0.4, 0.5) is 11.4 Å². The number of amides is 1. The summed E-state index contributed by atoms with van der Waals surface area (Å²) >= 11 is 0. The summed E-state index contributed by atoms with van der Waals surface area (Å²) in [5.74, 6) is -0.555. The quantitative estimate of drug-likeness (QED) is 0.667. The molecule has 2 N–H and O–H groups in total. The molecule has 0 radical (unpaired) electrons. The van der Waals surface area contributed by atoms with Crippen LogP contribution in [0.3, 0.4) is 0 Å². The standard InChI is InChI=1S/C15H14N2O4/c1-10-5-6-14(17(20)21)13(7-10)15(19)16-12-4-2-3-11(8-12)9-18/h2-8,18H,9H2,1H3,(H,16,19). The van der Waals surface area contributed by atoms with Gasteiger partial charge in [0, 0.05) is 11.8 Å². The largest absolute Gasteiger partial charge is 0.392 e. The first-order valence-electron chi connectivity index (χ1n) is 6.27. The lowest BCUT2D eigenvalue weighted by Crippen LogP contribution is -2.14. The maximum Gasteiger partial charge on any atom is 0.282 e. The summed E-state index contributed by atoms with van der Waals surface area (Å²) < 4.78 is 0. The molecule has 2 aromatic rings. The van der Waals surface area contributed by atoms with E-state index in [1.54, 1.807) is 37.3 Å². The Labute approximate surface area is 121 Å². The second-order valence-electron chi connectivity index (χ2n) is 4.59. The number of aliphatic hydroxyl groups is 1. The van der Waals surface area contributed by atoms with Gasteiger partial charge in [-0.05, 0) is 36.2 Å². The Morgan fingerprint density at radius 3 is 2.71 bits per heavy atom. The summed E-state index contributed by atoms with van der Waals surface area (Å²) in [6, 6.07) is 11.0. The lowest BCUT2D eigenvalue weighted by molar-refractivity contribution is -0.385. The van der Waals surface area contributed by atoms with Crippen molar-refractivity contribution < 1.29 is 14.8 Å². The highest BCUT2D eigenvalue weighted by Crippen LogP contribution is 2.21. The van der Waals surface area contributed by atoms with Crippen LogP contribution in [0, 0.1) is 17.0 Å². The van der Waals surface area contributed by atoms with E-state index in [1.807, 2.05) is 0 Å². The molecule has 0 aromatic heterocycles. The van der Waals surface area contributed by atoms with Crippen molar-refractivity contribution in [3.05, 3.63) is 69.3 Å². The minimum atomic E-state index is -0.585. The second-order valence-corrected chi connectivity index (χ2v) is 4.59. The van der Waals surface area contributed by atoms with Gasteiger partial charge in [0.05, 0.1) is 11.5 Å². The zero-order valence-corrected chi connectivity index (χ0v) is 11.4. The maximum atomic E-state index is 12.2. The maximum absolute atomic E-state index is 12.2. The van der Waals surface area contributed by atoms with Crippen LogP contribution in [0.2, 0.25) is 0 Å². The zero-order valence-electron chi connectivity index (χ0n) is 11.4. The molecular formula is C15H14N2O4. The number of aryl methyl sites for hydroxylation is 1. The van der Waals surface area contributed by atoms with Crippen LogP contribution < -0.4 is 5.32 Å². The number of rotatable bonds is 4. The van der Waals surface area contributed by atoms with Crippen LogP contribution in [-0.2, 0) is 6.61 Å². The predicted molar refractivity (Wildman–Crippen MR) is 78.2 cm³/mol. The fourth-order valence-electron chi connectivity index (χ4n) is 1.94. The number of aliphatic hydroxyl groups excluding tert-OH is 1. The highest BCUT2D eigenvalue weighted by molar-refractivity contribution is 6.07. The summed E-state index contributed by atoms with van der Waals surface area (Å²) in [6.07, 6.45) is 0. The molecule has 0 atom stereocenters. The average molecular weight is 286 g/mol. The molecule has 0 aliphatic carbocycles. The summed E-state index contributed by atoms with van der Waals surface area (Å²) in [4.78, 5) is 22.6. The van der Waals surface area contributed by atoms with E-state index in [0.717, 1.165) is 5.56 Å². The summed E-state index contributed by atoms with van der Waals surface area (Å²) in [6.45, 7) is 1.61. The van der Waals surface area contributed by atoms with Crippen molar-refractivity contribution in [2.24, 2.45) is 0 Å². The first-order valence-corrected chi connectivity index (χ1v) is 6.27. The van der Waals surface area contributed by atoms with Crippen LogP contribution in [0.1, 0.15) is 21.5 Å². The number of benzene rings is 2. The number of hydrogen-bond acceptors (Lipinski definition) is 4. The molecule has 108 valence electrons. The Morgan fingerprint density at radius 2 is 2.05 bits per heavy atom. The summed E-state index contributed by atoms with van der Waals surface area (Å²) in [7, 11) is 0. The monoisotopic (exact) mass is 286 g/mol. The van der Waals surface area contributed by atoms with Gasteiger partial charge >= 0.3 is 0 Å². The highest BCUT2D eigenvalue weighted by Gasteiger charge is 2.20. The smallest absolute Gasteiger partial charge is 0.282 e. The second kappa shape index (κ2) is 6.15. The normalized spacial score (nSPS) is 10.2. The van der Waals surface area contributed by atoms with Crippen molar-refractivity contribution >= 4 is 17.3 Å². The third kappa shape index (κ3) is 3.43. The molecule has 0 saturated carbocycles. The molecule has 21 heavy (non-hydrogen) atoms. The Morgan fingerprint density at radius 1 is 1.29 bits per heavy atom. The molecule has 0 bridgehead atoms. The van der Waals surface area contributed by atoms with Crippen molar-refractivity contribution in [3.8, 4) is 0 Å². The number of anilines is 1.